The number of aliphatic imine (C=N–C) groups is 2. The Morgan fingerprint density at radius 2 is 2.00 bits per heavy atom. The number of hydrogen-bond acceptors (Lipinski definition) is 2. The first kappa shape index (κ1) is 8.65. The molecule has 0 amide bonds. The van der Waals surface area contributed by atoms with Crippen LogP contribution >= 0.6 is 0 Å². The molecule has 62 valence electrons. The summed E-state index contributed by atoms with van der Waals surface area (Å²) in [6.45, 7) is 4.70. The summed E-state index contributed by atoms with van der Waals surface area (Å²) in [5.41, 5.74) is 1.22. The molecule has 0 aliphatic heterocycles. The Labute approximate surface area is 72.7 Å². The molecule has 2 nitrogen and oxygen atoms in total. The molecule has 0 N–H and O–H groups in total. The van der Waals surface area contributed by atoms with E-state index in [1.807, 2.05) is 18.2 Å². The van der Waals surface area contributed by atoms with Gasteiger partial charge in [-0.05, 0) is 12.3 Å². The Morgan fingerprint density at radius 1 is 1.25 bits per heavy atom. The van der Waals surface area contributed by atoms with Crippen molar-refractivity contribution in [1.29, 1.82) is 0 Å². The van der Waals surface area contributed by atoms with Crippen molar-refractivity contribution in [3.05, 3.63) is 35.9 Å². The minimum Gasteiger partial charge on any atom is -0.295 e. The SMILES string of the molecule is C=NCC=NCc1ccccc1. The fourth-order valence-electron chi connectivity index (χ4n) is 0.869. The van der Waals surface area contributed by atoms with Gasteiger partial charge in [-0.2, -0.15) is 0 Å². The summed E-state index contributed by atoms with van der Waals surface area (Å²) in [4.78, 5) is 7.84. The smallest absolute Gasteiger partial charge is 0.0730 e. The van der Waals surface area contributed by atoms with E-state index in [1.54, 1.807) is 6.21 Å². The highest BCUT2D eigenvalue weighted by Crippen LogP contribution is 1.98. The zero-order valence-corrected chi connectivity index (χ0v) is 6.98. The van der Waals surface area contributed by atoms with Gasteiger partial charge in [0.15, 0.2) is 0 Å². The van der Waals surface area contributed by atoms with Crippen LogP contribution in [-0.4, -0.2) is 19.5 Å². The molecule has 1 rings (SSSR count). The normalized spacial score (nSPS) is 10.3. The van der Waals surface area contributed by atoms with E-state index in [-0.39, 0.29) is 0 Å². The summed E-state index contributed by atoms with van der Waals surface area (Å²) in [5, 5.41) is 0. The molecule has 0 fully saturated rings. The molecule has 0 atom stereocenters. The summed E-state index contributed by atoms with van der Waals surface area (Å²) < 4.78 is 0. The van der Waals surface area contributed by atoms with Gasteiger partial charge < -0.3 is 0 Å². The molecule has 1 aromatic rings. The largest absolute Gasteiger partial charge is 0.295 e. The van der Waals surface area contributed by atoms with Gasteiger partial charge in [-0.3, -0.25) is 9.98 Å². The predicted octanol–water partition coefficient (Wildman–Crippen LogP) is 1.96. The lowest BCUT2D eigenvalue weighted by molar-refractivity contribution is 1.07. The summed E-state index contributed by atoms with van der Waals surface area (Å²) in [5.74, 6) is 0. The minimum atomic E-state index is 0.604. The Bertz CT molecular complexity index is 252. The van der Waals surface area contributed by atoms with Crippen LogP contribution in [0.2, 0.25) is 0 Å². The van der Waals surface area contributed by atoms with Gasteiger partial charge in [0.25, 0.3) is 0 Å². The Balaban J connectivity index is 2.38. The van der Waals surface area contributed by atoms with E-state index in [9.17, 15) is 0 Å². The van der Waals surface area contributed by atoms with Crippen molar-refractivity contribution in [2.24, 2.45) is 9.98 Å². The van der Waals surface area contributed by atoms with E-state index in [0.29, 0.717) is 6.54 Å². The summed E-state index contributed by atoms with van der Waals surface area (Å²) >= 11 is 0. The Morgan fingerprint density at radius 3 is 2.67 bits per heavy atom. The third-order valence-corrected chi connectivity index (χ3v) is 1.46. The van der Waals surface area contributed by atoms with Crippen LogP contribution in [-0.2, 0) is 6.54 Å². The van der Waals surface area contributed by atoms with Crippen LogP contribution in [0.4, 0.5) is 0 Å². The van der Waals surface area contributed by atoms with Gasteiger partial charge >= 0.3 is 0 Å². The molecule has 0 aliphatic rings. The van der Waals surface area contributed by atoms with Crippen LogP contribution in [0.25, 0.3) is 0 Å². The molecule has 1 aromatic carbocycles. The van der Waals surface area contributed by atoms with Crippen molar-refractivity contribution in [3.8, 4) is 0 Å². The van der Waals surface area contributed by atoms with Crippen molar-refractivity contribution < 1.29 is 0 Å². The Kier molecular flexibility index (Phi) is 3.78. The lowest BCUT2D eigenvalue weighted by Gasteiger charge is -1.92. The number of nitrogens with zero attached hydrogens (tertiary/aromatic N) is 2. The first-order valence-electron chi connectivity index (χ1n) is 3.88. The second-order valence-electron chi connectivity index (χ2n) is 2.42. The Hall–Kier alpha value is -1.44. The molecular formula is C10H12N2. The van der Waals surface area contributed by atoms with Crippen LogP contribution in [0, 0.1) is 0 Å². The second kappa shape index (κ2) is 5.24. The van der Waals surface area contributed by atoms with Crippen molar-refractivity contribution in [2.45, 2.75) is 6.54 Å². The van der Waals surface area contributed by atoms with Crippen molar-refractivity contribution in [3.63, 3.8) is 0 Å². The van der Waals surface area contributed by atoms with E-state index in [1.165, 1.54) is 5.56 Å². The van der Waals surface area contributed by atoms with Gasteiger partial charge in [-0.25, -0.2) is 0 Å². The molecule has 0 spiro atoms. The summed E-state index contributed by atoms with van der Waals surface area (Å²) in [6.07, 6.45) is 1.78. The van der Waals surface area contributed by atoms with Crippen molar-refractivity contribution >= 4 is 12.9 Å². The topological polar surface area (TPSA) is 24.7 Å². The molecule has 2 heteroatoms. The highest BCUT2D eigenvalue weighted by Gasteiger charge is 1.84. The molecule has 0 bridgehead atoms. The highest BCUT2D eigenvalue weighted by atomic mass is 14.7. The molecule has 0 aromatic heterocycles. The van der Waals surface area contributed by atoms with E-state index in [4.69, 9.17) is 0 Å². The maximum Gasteiger partial charge on any atom is 0.0730 e. The van der Waals surface area contributed by atoms with Gasteiger partial charge in [-0.15, -0.1) is 0 Å². The molecule has 0 saturated carbocycles. The quantitative estimate of drug-likeness (QED) is 0.601. The number of rotatable bonds is 4. The number of benzene rings is 1. The predicted molar refractivity (Wildman–Crippen MR) is 53.1 cm³/mol. The summed E-state index contributed by atoms with van der Waals surface area (Å²) in [6, 6.07) is 10.1. The monoisotopic (exact) mass is 160 g/mol. The first-order valence-corrected chi connectivity index (χ1v) is 3.88. The van der Waals surface area contributed by atoms with Crippen LogP contribution in [0.15, 0.2) is 40.3 Å². The second-order valence-corrected chi connectivity index (χ2v) is 2.42. The maximum atomic E-state index is 4.17. The van der Waals surface area contributed by atoms with Crippen LogP contribution in [0.3, 0.4) is 0 Å². The van der Waals surface area contributed by atoms with E-state index in [2.05, 4.69) is 28.8 Å². The minimum absolute atomic E-state index is 0.604. The van der Waals surface area contributed by atoms with Crippen LogP contribution in [0.5, 0.6) is 0 Å². The van der Waals surface area contributed by atoms with Gasteiger partial charge in [0, 0.05) is 6.21 Å². The first-order chi connectivity index (χ1) is 5.93. The van der Waals surface area contributed by atoms with Gasteiger partial charge in [-0.1, -0.05) is 30.3 Å². The molecular weight excluding hydrogens is 148 g/mol. The number of hydrogen-bond donors (Lipinski definition) is 0. The van der Waals surface area contributed by atoms with Crippen molar-refractivity contribution in [2.75, 3.05) is 6.54 Å². The standard InChI is InChI=1S/C10H12N2/c1-11-7-8-12-9-10-5-3-2-4-6-10/h2-6,8H,1,7,9H2. The molecule has 0 unspecified atom stereocenters. The third kappa shape index (κ3) is 3.10. The zero-order valence-electron chi connectivity index (χ0n) is 6.98. The third-order valence-electron chi connectivity index (χ3n) is 1.46. The molecule has 0 saturated heterocycles. The van der Waals surface area contributed by atoms with E-state index < -0.39 is 0 Å². The average molecular weight is 160 g/mol. The fourth-order valence-corrected chi connectivity index (χ4v) is 0.869. The van der Waals surface area contributed by atoms with Gasteiger partial charge in [0.2, 0.25) is 0 Å². The maximum absolute atomic E-state index is 4.17. The highest BCUT2D eigenvalue weighted by molar-refractivity contribution is 5.60. The van der Waals surface area contributed by atoms with Crippen molar-refractivity contribution in [1.82, 2.24) is 0 Å². The fraction of sp³-hybridized carbons (Fsp3) is 0.200. The average Bonchev–Trinajstić information content (AvgIpc) is 2.14. The molecule has 0 heterocycles. The molecule has 0 radical (unpaired) electrons. The summed E-state index contributed by atoms with van der Waals surface area (Å²) in [7, 11) is 0. The lowest BCUT2D eigenvalue weighted by atomic mass is 10.2. The van der Waals surface area contributed by atoms with E-state index >= 15 is 0 Å². The van der Waals surface area contributed by atoms with E-state index in [0.717, 1.165) is 6.54 Å². The molecule has 12 heavy (non-hydrogen) atoms. The molecule has 0 aliphatic carbocycles. The van der Waals surface area contributed by atoms with Crippen LogP contribution in [0.1, 0.15) is 5.56 Å². The van der Waals surface area contributed by atoms with Gasteiger partial charge in [0.1, 0.15) is 0 Å². The van der Waals surface area contributed by atoms with Crippen LogP contribution < -0.4 is 0 Å². The lowest BCUT2D eigenvalue weighted by Crippen LogP contribution is -1.83. The van der Waals surface area contributed by atoms with Gasteiger partial charge in [0.05, 0.1) is 13.1 Å². The zero-order chi connectivity index (χ0) is 8.65.